The van der Waals surface area contributed by atoms with Crippen molar-refractivity contribution in [1.29, 1.82) is 0 Å². The SMILES string of the molecule is CCCCCCCCCCCCCCn1ccc(=O)c(OCc2ccc(O)cc2)c1C=O. The largest absolute Gasteiger partial charge is 0.508 e. The molecular weight excluding hydrogens is 402 g/mol. The van der Waals surface area contributed by atoms with Gasteiger partial charge in [-0.15, -0.1) is 0 Å². The summed E-state index contributed by atoms with van der Waals surface area (Å²) in [5.74, 6) is 0.265. The van der Waals surface area contributed by atoms with Crippen molar-refractivity contribution in [2.75, 3.05) is 0 Å². The van der Waals surface area contributed by atoms with E-state index in [2.05, 4.69) is 6.92 Å². The number of carbonyl (C=O) groups excluding carboxylic acids is 1. The molecule has 32 heavy (non-hydrogen) atoms. The van der Waals surface area contributed by atoms with Crippen LogP contribution in [-0.4, -0.2) is 16.0 Å². The summed E-state index contributed by atoms with van der Waals surface area (Å²) >= 11 is 0. The Hall–Kier alpha value is -2.56. The van der Waals surface area contributed by atoms with Gasteiger partial charge in [-0.05, 0) is 24.1 Å². The van der Waals surface area contributed by atoms with Crippen LogP contribution in [0.25, 0.3) is 0 Å². The first-order chi connectivity index (χ1) is 15.7. The average Bonchev–Trinajstić information content (AvgIpc) is 2.80. The Bertz CT molecular complexity index is 842. The highest BCUT2D eigenvalue weighted by Gasteiger charge is 2.12. The molecule has 1 heterocycles. The molecule has 0 spiro atoms. The van der Waals surface area contributed by atoms with Gasteiger partial charge < -0.3 is 14.4 Å². The average molecular weight is 442 g/mol. The molecule has 1 N–H and O–H groups in total. The Morgan fingerprint density at radius 1 is 0.844 bits per heavy atom. The van der Waals surface area contributed by atoms with Crippen molar-refractivity contribution >= 4 is 6.29 Å². The molecule has 0 aliphatic rings. The third kappa shape index (κ3) is 9.29. The molecule has 0 radical (unpaired) electrons. The minimum absolute atomic E-state index is 0.0921. The zero-order chi connectivity index (χ0) is 23.0. The molecule has 0 atom stereocenters. The van der Waals surface area contributed by atoms with E-state index in [1.165, 1.54) is 70.3 Å². The van der Waals surface area contributed by atoms with Crippen LogP contribution in [0.1, 0.15) is 100 Å². The summed E-state index contributed by atoms with van der Waals surface area (Å²) in [4.78, 5) is 24.0. The van der Waals surface area contributed by atoms with Gasteiger partial charge >= 0.3 is 0 Å². The fourth-order valence-corrected chi connectivity index (χ4v) is 3.90. The lowest BCUT2D eigenvalue weighted by Gasteiger charge is -2.14. The quantitative estimate of drug-likeness (QED) is 0.220. The number of nitrogens with zero attached hydrogens (tertiary/aromatic N) is 1. The molecule has 0 aliphatic carbocycles. The molecule has 0 fully saturated rings. The molecule has 1 aromatic carbocycles. The third-order valence-electron chi connectivity index (χ3n) is 5.86. The van der Waals surface area contributed by atoms with E-state index in [4.69, 9.17) is 4.74 Å². The number of hydrogen-bond donors (Lipinski definition) is 1. The normalized spacial score (nSPS) is 10.9. The number of aldehydes is 1. The van der Waals surface area contributed by atoms with Crippen molar-refractivity contribution in [2.24, 2.45) is 0 Å². The highest BCUT2D eigenvalue weighted by atomic mass is 16.5. The number of ether oxygens (including phenoxy) is 1. The summed E-state index contributed by atoms with van der Waals surface area (Å²) in [5, 5.41) is 9.37. The maximum Gasteiger partial charge on any atom is 0.224 e. The van der Waals surface area contributed by atoms with Gasteiger partial charge in [-0.3, -0.25) is 9.59 Å². The fourth-order valence-electron chi connectivity index (χ4n) is 3.90. The van der Waals surface area contributed by atoms with Crippen molar-refractivity contribution in [3.63, 3.8) is 0 Å². The maximum atomic E-state index is 12.3. The second-order valence-electron chi connectivity index (χ2n) is 8.55. The molecule has 0 bridgehead atoms. The Morgan fingerprint density at radius 3 is 1.97 bits per heavy atom. The Balaban J connectivity index is 1.72. The van der Waals surface area contributed by atoms with Crippen LogP contribution in [-0.2, 0) is 13.2 Å². The predicted molar refractivity (Wildman–Crippen MR) is 130 cm³/mol. The van der Waals surface area contributed by atoms with Crippen LogP contribution in [0.3, 0.4) is 0 Å². The zero-order valence-electron chi connectivity index (χ0n) is 19.6. The Morgan fingerprint density at radius 2 is 1.41 bits per heavy atom. The number of phenols is 1. The van der Waals surface area contributed by atoms with E-state index in [9.17, 15) is 14.7 Å². The molecule has 2 rings (SSSR count). The number of pyridine rings is 1. The predicted octanol–water partition coefficient (Wildman–Crippen LogP) is 6.65. The van der Waals surface area contributed by atoms with Crippen molar-refractivity contribution in [2.45, 2.75) is 97.1 Å². The molecule has 0 amide bonds. The fraction of sp³-hybridized carbons (Fsp3) is 0.556. The lowest BCUT2D eigenvalue weighted by atomic mass is 10.1. The second-order valence-corrected chi connectivity index (χ2v) is 8.55. The van der Waals surface area contributed by atoms with Crippen molar-refractivity contribution in [1.82, 2.24) is 4.57 Å². The van der Waals surface area contributed by atoms with Gasteiger partial charge in [-0.25, -0.2) is 0 Å². The molecule has 176 valence electrons. The first-order valence-corrected chi connectivity index (χ1v) is 12.2. The van der Waals surface area contributed by atoms with Crippen LogP contribution in [0.5, 0.6) is 11.5 Å². The molecule has 0 unspecified atom stereocenters. The van der Waals surface area contributed by atoms with E-state index in [0.29, 0.717) is 18.5 Å². The lowest BCUT2D eigenvalue weighted by Crippen LogP contribution is -2.16. The van der Waals surface area contributed by atoms with Crippen LogP contribution in [0.2, 0.25) is 0 Å². The number of unbranched alkanes of at least 4 members (excludes halogenated alkanes) is 11. The standard InChI is InChI=1S/C27H39NO4/c1-2-3-4-5-6-7-8-9-10-11-12-13-19-28-20-18-26(31)27(25(28)21-29)32-22-23-14-16-24(30)17-15-23/h14-18,20-21,30H,2-13,19,22H2,1H3. The van der Waals surface area contributed by atoms with Gasteiger partial charge in [0.2, 0.25) is 5.43 Å². The molecule has 5 nitrogen and oxygen atoms in total. The van der Waals surface area contributed by atoms with Crippen LogP contribution in [0.4, 0.5) is 0 Å². The number of aromatic hydroxyl groups is 1. The first-order valence-electron chi connectivity index (χ1n) is 12.2. The molecule has 2 aromatic rings. The summed E-state index contributed by atoms with van der Waals surface area (Å²) in [6.45, 7) is 3.11. The number of benzene rings is 1. The maximum absolute atomic E-state index is 12.3. The van der Waals surface area contributed by atoms with Gasteiger partial charge in [0.05, 0.1) is 0 Å². The molecule has 5 heteroatoms. The highest BCUT2D eigenvalue weighted by molar-refractivity contribution is 5.76. The summed E-state index contributed by atoms with van der Waals surface area (Å²) in [6, 6.07) is 8.04. The number of rotatable bonds is 17. The summed E-state index contributed by atoms with van der Waals surface area (Å²) < 4.78 is 7.51. The van der Waals surface area contributed by atoms with Crippen LogP contribution in [0, 0.1) is 0 Å². The topological polar surface area (TPSA) is 68.5 Å². The minimum Gasteiger partial charge on any atom is -0.508 e. The number of aromatic nitrogens is 1. The molecule has 0 aliphatic heterocycles. The van der Waals surface area contributed by atoms with Crippen LogP contribution >= 0.6 is 0 Å². The number of aryl methyl sites for hydroxylation is 1. The summed E-state index contributed by atoms with van der Waals surface area (Å²) in [5.41, 5.74) is 0.812. The first kappa shape index (κ1) is 25.7. The van der Waals surface area contributed by atoms with Crippen molar-refractivity contribution in [3.05, 3.63) is 58.0 Å². The monoisotopic (exact) mass is 441 g/mol. The third-order valence-corrected chi connectivity index (χ3v) is 5.86. The van der Waals surface area contributed by atoms with Crippen molar-refractivity contribution < 1.29 is 14.6 Å². The highest BCUT2D eigenvalue weighted by Crippen LogP contribution is 2.17. The van der Waals surface area contributed by atoms with Gasteiger partial charge in [-0.2, -0.15) is 0 Å². The summed E-state index contributed by atoms with van der Waals surface area (Å²) in [7, 11) is 0. The van der Waals surface area contributed by atoms with Crippen LogP contribution in [0.15, 0.2) is 41.3 Å². The smallest absolute Gasteiger partial charge is 0.224 e. The van der Waals surface area contributed by atoms with Gasteiger partial charge in [0.1, 0.15) is 18.1 Å². The van der Waals surface area contributed by atoms with Gasteiger partial charge in [0.15, 0.2) is 12.0 Å². The molecule has 0 saturated heterocycles. The van der Waals surface area contributed by atoms with Crippen molar-refractivity contribution in [3.8, 4) is 11.5 Å². The Labute approximate surface area is 192 Å². The zero-order valence-corrected chi connectivity index (χ0v) is 19.6. The van der Waals surface area contributed by atoms with Gasteiger partial charge in [-0.1, -0.05) is 89.7 Å². The number of phenolic OH excluding ortho intramolecular Hbond substituents is 1. The molecule has 1 aromatic heterocycles. The lowest BCUT2D eigenvalue weighted by molar-refractivity contribution is 0.110. The van der Waals surface area contributed by atoms with E-state index in [0.717, 1.165) is 18.4 Å². The molecular formula is C27H39NO4. The van der Waals surface area contributed by atoms with E-state index in [1.807, 2.05) is 4.57 Å². The van der Waals surface area contributed by atoms with E-state index >= 15 is 0 Å². The minimum atomic E-state index is -0.295. The van der Waals surface area contributed by atoms with E-state index in [-0.39, 0.29) is 23.5 Å². The van der Waals surface area contributed by atoms with Gasteiger partial charge in [0, 0.05) is 18.8 Å². The summed E-state index contributed by atoms with van der Waals surface area (Å²) in [6.07, 6.45) is 17.8. The number of hydrogen-bond acceptors (Lipinski definition) is 4. The van der Waals surface area contributed by atoms with E-state index < -0.39 is 0 Å². The Kier molecular flexibility index (Phi) is 12.3. The van der Waals surface area contributed by atoms with Gasteiger partial charge in [0.25, 0.3) is 0 Å². The van der Waals surface area contributed by atoms with E-state index in [1.54, 1.807) is 30.5 Å². The second kappa shape index (κ2) is 15.3. The number of carbonyl (C=O) groups is 1. The van der Waals surface area contributed by atoms with Crippen LogP contribution < -0.4 is 10.2 Å². The molecule has 0 saturated carbocycles.